The van der Waals surface area contributed by atoms with Gasteiger partial charge in [-0.3, -0.25) is 19.2 Å². The third-order valence-corrected chi connectivity index (χ3v) is 6.06. The second kappa shape index (κ2) is 9.16. The average molecular weight is 476 g/mol. The van der Waals surface area contributed by atoms with Gasteiger partial charge in [0.1, 0.15) is 29.8 Å². The number of ether oxygens (including phenoxy) is 1. The van der Waals surface area contributed by atoms with Crippen LogP contribution in [0.2, 0.25) is 0 Å². The molecule has 2 aliphatic heterocycles. The third kappa shape index (κ3) is 4.57. The van der Waals surface area contributed by atoms with Gasteiger partial charge in [-0.25, -0.2) is 9.50 Å². The summed E-state index contributed by atoms with van der Waals surface area (Å²) in [5.74, 6) is -0.479. The molecule has 4 heterocycles. The van der Waals surface area contributed by atoms with Gasteiger partial charge in [0.25, 0.3) is 11.8 Å². The van der Waals surface area contributed by atoms with Crippen molar-refractivity contribution in [2.45, 2.75) is 32.4 Å². The number of rotatable bonds is 6. The molecule has 11 heteroatoms. The Morgan fingerprint density at radius 2 is 1.97 bits per heavy atom. The van der Waals surface area contributed by atoms with E-state index in [0.717, 1.165) is 17.5 Å². The molecule has 0 radical (unpaired) electrons. The fourth-order valence-electron chi connectivity index (χ4n) is 4.05. The van der Waals surface area contributed by atoms with Crippen molar-refractivity contribution < 1.29 is 23.9 Å². The minimum absolute atomic E-state index is 0.00342. The van der Waals surface area contributed by atoms with Crippen LogP contribution in [-0.4, -0.2) is 68.7 Å². The zero-order chi connectivity index (χ0) is 24.5. The van der Waals surface area contributed by atoms with Gasteiger partial charge in [-0.15, -0.1) is 0 Å². The second-order valence-electron chi connectivity index (χ2n) is 8.63. The quantitative estimate of drug-likeness (QED) is 0.529. The number of carbonyl (C=O) groups excluding carboxylic acids is 4. The maximum absolute atomic E-state index is 13.0. The van der Waals surface area contributed by atoms with Crippen molar-refractivity contribution in [3.05, 3.63) is 59.0 Å². The highest BCUT2D eigenvalue weighted by molar-refractivity contribution is 6.00. The standard InChI is InChI=1S/C24H24N6O5/c1-14(24(34)29-7-2-8-29)27-23(33)19-11-18(28-21-5-6-26-30(19)21)22(32)25-12-15-3-4-20-16(9-15)10-17(31)13-35-20/h3-6,9,11,14H,2,7-8,10,12-13H2,1H3,(H,25,32)(H,27,33)/t14-/m0/s1. The zero-order valence-corrected chi connectivity index (χ0v) is 19.1. The van der Waals surface area contributed by atoms with Crippen LogP contribution >= 0.6 is 0 Å². The van der Waals surface area contributed by atoms with Gasteiger partial charge in [0.05, 0.1) is 6.20 Å². The topological polar surface area (TPSA) is 135 Å². The zero-order valence-electron chi connectivity index (χ0n) is 19.1. The average Bonchev–Trinajstić information content (AvgIpc) is 3.29. The van der Waals surface area contributed by atoms with Crippen LogP contribution in [0.4, 0.5) is 0 Å². The van der Waals surface area contributed by atoms with Crippen molar-refractivity contribution in [2.75, 3.05) is 19.7 Å². The van der Waals surface area contributed by atoms with Crippen LogP contribution in [0.15, 0.2) is 36.5 Å². The first-order chi connectivity index (χ1) is 16.9. The van der Waals surface area contributed by atoms with Gasteiger partial charge in [-0.1, -0.05) is 6.07 Å². The van der Waals surface area contributed by atoms with Crippen LogP contribution in [0.5, 0.6) is 5.75 Å². The van der Waals surface area contributed by atoms with Crippen molar-refractivity contribution >= 4 is 29.2 Å². The number of hydrogen-bond acceptors (Lipinski definition) is 7. The van der Waals surface area contributed by atoms with Gasteiger partial charge in [-0.2, -0.15) is 5.10 Å². The van der Waals surface area contributed by atoms with Gasteiger partial charge in [0.2, 0.25) is 5.91 Å². The van der Waals surface area contributed by atoms with E-state index in [4.69, 9.17) is 4.74 Å². The molecule has 0 unspecified atom stereocenters. The summed E-state index contributed by atoms with van der Waals surface area (Å²) in [5.41, 5.74) is 2.05. The molecule has 2 aromatic heterocycles. The third-order valence-electron chi connectivity index (χ3n) is 6.06. The van der Waals surface area contributed by atoms with E-state index in [0.29, 0.717) is 30.9 Å². The summed E-state index contributed by atoms with van der Waals surface area (Å²) in [6.07, 6.45) is 2.74. The highest BCUT2D eigenvalue weighted by atomic mass is 16.5. The van der Waals surface area contributed by atoms with Gasteiger partial charge < -0.3 is 20.3 Å². The fraction of sp³-hybridized carbons (Fsp3) is 0.333. The molecule has 0 bridgehead atoms. The number of Topliss-reactive ketones (excluding diaryl/α,β-unsaturated/α-hetero) is 1. The van der Waals surface area contributed by atoms with Crippen molar-refractivity contribution in [3.8, 4) is 5.75 Å². The minimum Gasteiger partial charge on any atom is -0.486 e. The molecule has 2 aliphatic rings. The Morgan fingerprint density at radius 1 is 1.14 bits per heavy atom. The van der Waals surface area contributed by atoms with Crippen LogP contribution in [0.3, 0.4) is 0 Å². The summed E-state index contributed by atoms with van der Waals surface area (Å²) in [6, 6.07) is 7.66. The predicted molar refractivity (Wildman–Crippen MR) is 123 cm³/mol. The van der Waals surface area contributed by atoms with Gasteiger partial charge in [0, 0.05) is 43.8 Å². The molecule has 0 saturated carbocycles. The summed E-state index contributed by atoms with van der Waals surface area (Å²) in [4.78, 5) is 55.9. The molecule has 5 rings (SSSR count). The summed E-state index contributed by atoms with van der Waals surface area (Å²) >= 11 is 0. The molecule has 180 valence electrons. The van der Waals surface area contributed by atoms with Gasteiger partial charge in [0.15, 0.2) is 11.4 Å². The Bertz CT molecular complexity index is 1350. The van der Waals surface area contributed by atoms with E-state index in [1.54, 1.807) is 24.0 Å². The van der Waals surface area contributed by atoms with Crippen LogP contribution in [-0.2, 0) is 22.6 Å². The summed E-state index contributed by atoms with van der Waals surface area (Å²) in [6.45, 7) is 3.29. The number of nitrogens with one attached hydrogen (secondary N) is 2. The molecule has 0 spiro atoms. The maximum Gasteiger partial charge on any atom is 0.270 e. The second-order valence-corrected chi connectivity index (χ2v) is 8.63. The molecule has 3 amide bonds. The number of amides is 3. The van der Waals surface area contributed by atoms with Crippen LogP contribution in [0.25, 0.3) is 5.65 Å². The largest absolute Gasteiger partial charge is 0.486 e. The first-order valence-electron chi connectivity index (χ1n) is 11.4. The van der Waals surface area contributed by atoms with Gasteiger partial charge in [-0.05, 0) is 31.0 Å². The lowest BCUT2D eigenvalue weighted by molar-refractivity contribution is -0.136. The van der Waals surface area contributed by atoms with E-state index in [9.17, 15) is 19.2 Å². The highest BCUT2D eigenvalue weighted by Crippen LogP contribution is 2.24. The van der Waals surface area contributed by atoms with E-state index < -0.39 is 17.9 Å². The number of carbonyl (C=O) groups is 4. The minimum atomic E-state index is -0.710. The van der Waals surface area contributed by atoms with E-state index in [1.165, 1.54) is 16.8 Å². The molecule has 1 atom stereocenters. The molecule has 1 saturated heterocycles. The lowest BCUT2D eigenvalue weighted by Crippen LogP contribution is -2.52. The normalized spacial score (nSPS) is 15.6. The van der Waals surface area contributed by atoms with Crippen molar-refractivity contribution in [1.29, 1.82) is 0 Å². The van der Waals surface area contributed by atoms with E-state index >= 15 is 0 Å². The molecule has 35 heavy (non-hydrogen) atoms. The molecule has 0 aliphatic carbocycles. The Hall–Kier alpha value is -4.28. The van der Waals surface area contributed by atoms with Crippen molar-refractivity contribution in [1.82, 2.24) is 30.1 Å². The van der Waals surface area contributed by atoms with E-state index in [1.807, 2.05) is 12.1 Å². The van der Waals surface area contributed by atoms with Crippen molar-refractivity contribution in [2.24, 2.45) is 0 Å². The number of ketones is 1. The lowest BCUT2D eigenvalue weighted by atomic mass is 10.0. The number of aromatic nitrogens is 3. The number of fused-ring (bicyclic) bond motifs is 2. The Morgan fingerprint density at radius 3 is 2.74 bits per heavy atom. The van der Waals surface area contributed by atoms with Crippen LogP contribution < -0.4 is 15.4 Å². The monoisotopic (exact) mass is 476 g/mol. The Labute approximate surface area is 200 Å². The fourth-order valence-corrected chi connectivity index (χ4v) is 4.05. The predicted octanol–water partition coefficient (Wildman–Crippen LogP) is 0.514. The molecule has 11 nitrogen and oxygen atoms in total. The first-order valence-corrected chi connectivity index (χ1v) is 11.4. The first kappa shape index (κ1) is 22.5. The smallest absolute Gasteiger partial charge is 0.270 e. The van der Waals surface area contributed by atoms with Crippen LogP contribution in [0.1, 0.15) is 45.4 Å². The molecule has 2 N–H and O–H groups in total. The number of nitrogens with zero attached hydrogens (tertiary/aromatic N) is 4. The Kier molecular flexibility index (Phi) is 5.89. The maximum atomic E-state index is 13.0. The Balaban J connectivity index is 1.31. The number of benzene rings is 1. The SMILES string of the molecule is C[C@H](NC(=O)c1cc(C(=O)NCc2ccc3c(c2)CC(=O)CO3)nc2ccnn12)C(=O)N1CCC1. The lowest BCUT2D eigenvalue weighted by Gasteiger charge is -2.33. The molecular formula is C24H24N6O5. The number of likely N-dealkylation sites (tertiary alicyclic amines) is 1. The molecule has 1 fully saturated rings. The van der Waals surface area contributed by atoms with Gasteiger partial charge >= 0.3 is 0 Å². The molecular weight excluding hydrogens is 452 g/mol. The molecule has 1 aromatic carbocycles. The molecule has 3 aromatic rings. The summed E-state index contributed by atoms with van der Waals surface area (Å²) in [7, 11) is 0. The van der Waals surface area contributed by atoms with Crippen molar-refractivity contribution in [3.63, 3.8) is 0 Å². The van der Waals surface area contributed by atoms with Crippen LogP contribution in [0, 0.1) is 0 Å². The van der Waals surface area contributed by atoms with E-state index in [2.05, 4.69) is 20.7 Å². The van der Waals surface area contributed by atoms with E-state index in [-0.39, 0.29) is 36.2 Å². The number of hydrogen-bond donors (Lipinski definition) is 2. The highest BCUT2D eigenvalue weighted by Gasteiger charge is 2.27. The summed E-state index contributed by atoms with van der Waals surface area (Å²) in [5, 5.41) is 9.61. The summed E-state index contributed by atoms with van der Waals surface area (Å²) < 4.78 is 6.73.